The number of hydrogen-bond acceptors (Lipinski definition) is 5. The van der Waals surface area contributed by atoms with Gasteiger partial charge in [0.1, 0.15) is 11.5 Å². The molecular weight excluding hydrogens is 312 g/mol. The quantitative estimate of drug-likeness (QED) is 0.763. The second-order valence-electron chi connectivity index (χ2n) is 5.00. The Balaban J connectivity index is 1.64. The average Bonchev–Trinajstić information content (AvgIpc) is 3.16. The molecule has 3 aromatic rings. The van der Waals surface area contributed by atoms with Crippen molar-refractivity contribution in [3.8, 4) is 5.75 Å². The number of thiophene rings is 1. The van der Waals surface area contributed by atoms with Crippen LogP contribution >= 0.6 is 11.3 Å². The number of carbonyl (C=O) groups is 1. The predicted molar refractivity (Wildman–Crippen MR) is 89.0 cm³/mol. The van der Waals surface area contributed by atoms with E-state index in [-0.39, 0.29) is 12.5 Å². The molecule has 0 aliphatic rings. The molecule has 0 unspecified atom stereocenters. The van der Waals surface area contributed by atoms with Crippen LogP contribution in [-0.4, -0.2) is 10.9 Å². The maximum atomic E-state index is 12.0. The van der Waals surface area contributed by atoms with Crippen molar-refractivity contribution >= 4 is 22.9 Å². The summed E-state index contributed by atoms with van der Waals surface area (Å²) in [5.74, 6) is 1.84. The molecule has 0 radical (unpaired) electrons. The number of anilines is 1. The minimum absolute atomic E-state index is 0.129. The topological polar surface area (TPSA) is 64.4 Å². The maximum absolute atomic E-state index is 12.0. The first-order chi connectivity index (χ1) is 11.1. The molecule has 0 bridgehead atoms. The number of nitrogens with one attached hydrogen (secondary N) is 1. The second kappa shape index (κ2) is 6.66. The van der Waals surface area contributed by atoms with Gasteiger partial charge < -0.3 is 14.5 Å². The third-order valence-corrected chi connectivity index (χ3v) is 4.14. The minimum atomic E-state index is -0.129. The summed E-state index contributed by atoms with van der Waals surface area (Å²) in [6.07, 6.45) is 0. The van der Waals surface area contributed by atoms with Gasteiger partial charge in [-0.2, -0.15) is 0 Å². The van der Waals surface area contributed by atoms with E-state index in [1.54, 1.807) is 12.1 Å². The number of hydrogen-bond donors (Lipinski definition) is 1. The Kier molecular flexibility index (Phi) is 4.43. The highest BCUT2D eigenvalue weighted by Crippen LogP contribution is 2.20. The normalized spacial score (nSPS) is 10.5. The number of benzene rings is 1. The summed E-state index contributed by atoms with van der Waals surface area (Å²) < 4.78 is 11.1. The van der Waals surface area contributed by atoms with Gasteiger partial charge in [-0.3, -0.25) is 4.79 Å². The molecule has 0 fully saturated rings. The lowest BCUT2D eigenvalue weighted by Crippen LogP contribution is -2.10. The highest BCUT2D eigenvalue weighted by molar-refractivity contribution is 7.12. The molecular formula is C17H16N2O3S. The number of carbonyl (C=O) groups excluding carboxylic acids is 1. The molecule has 2 aromatic heterocycles. The Morgan fingerprint density at radius 1 is 1.30 bits per heavy atom. The molecule has 0 saturated carbocycles. The van der Waals surface area contributed by atoms with E-state index >= 15 is 0 Å². The van der Waals surface area contributed by atoms with Gasteiger partial charge in [0.2, 0.25) is 5.89 Å². The monoisotopic (exact) mass is 328 g/mol. The molecule has 0 atom stereocenters. The lowest BCUT2D eigenvalue weighted by molar-refractivity contribution is 0.103. The van der Waals surface area contributed by atoms with Crippen molar-refractivity contribution in [1.82, 2.24) is 4.98 Å². The van der Waals surface area contributed by atoms with Crippen molar-refractivity contribution in [3.63, 3.8) is 0 Å². The van der Waals surface area contributed by atoms with Gasteiger partial charge in [0, 0.05) is 11.8 Å². The first kappa shape index (κ1) is 15.3. The van der Waals surface area contributed by atoms with Crippen LogP contribution in [0.5, 0.6) is 5.75 Å². The van der Waals surface area contributed by atoms with E-state index in [4.69, 9.17) is 9.15 Å². The van der Waals surface area contributed by atoms with Crippen LogP contribution in [0.2, 0.25) is 0 Å². The number of rotatable bonds is 5. The van der Waals surface area contributed by atoms with Gasteiger partial charge in [0.25, 0.3) is 5.91 Å². The van der Waals surface area contributed by atoms with Crippen molar-refractivity contribution in [2.75, 3.05) is 5.32 Å². The van der Waals surface area contributed by atoms with Crippen molar-refractivity contribution in [2.45, 2.75) is 20.5 Å². The SMILES string of the molecule is Cc1nc(COc2cccc(NC(=O)c3cccs3)c2)oc1C. The smallest absolute Gasteiger partial charge is 0.265 e. The number of amides is 1. The molecule has 3 rings (SSSR count). The third kappa shape index (κ3) is 3.78. The van der Waals surface area contributed by atoms with Gasteiger partial charge in [0.15, 0.2) is 6.61 Å². The fraction of sp³-hybridized carbons (Fsp3) is 0.176. The predicted octanol–water partition coefficient (Wildman–Crippen LogP) is 4.18. The molecule has 2 heterocycles. The third-order valence-electron chi connectivity index (χ3n) is 3.27. The van der Waals surface area contributed by atoms with E-state index in [9.17, 15) is 4.79 Å². The minimum Gasteiger partial charge on any atom is -0.484 e. The molecule has 118 valence electrons. The first-order valence-corrected chi connectivity index (χ1v) is 8.00. The van der Waals surface area contributed by atoms with Crippen molar-refractivity contribution in [2.24, 2.45) is 0 Å². The van der Waals surface area contributed by atoms with Crippen molar-refractivity contribution < 1.29 is 13.9 Å². The van der Waals surface area contributed by atoms with Gasteiger partial charge in [-0.25, -0.2) is 4.98 Å². The molecule has 0 aliphatic carbocycles. The van der Waals surface area contributed by atoms with E-state index in [0.29, 0.717) is 22.2 Å². The van der Waals surface area contributed by atoms with E-state index in [2.05, 4.69) is 10.3 Å². The van der Waals surface area contributed by atoms with E-state index in [1.165, 1.54) is 11.3 Å². The summed E-state index contributed by atoms with van der Waals surface area (Å²) in [5, 5.41) is 4.72. The molecule has 23 heavy (non-hydrogen) atoms. The number of oxazole rings is 1. The standard InChI is InChI=1S/C17H16N2O3S/c1-11-12(2)22-16(18-11)10-21-14-6-3-5-13(9-14)19-17(20)15-7-4-8-23-15/h3-9H,10H2,1-2H3,(H,19,20). The Morgan fingerprint density at radius 2 is 2.17 bits per heavy atom. The van der Waals surface area contributed by atoms with Gasteiger partial charge in [-0.05, 0) is 37.4 Å². The lowest BCUT2D eigenvalue weighted by atomic mass is 10.3. The summed E-state index contributed by atoms with van der Waals surface area (Å²) in [5.41, 5.74) is 1.54. The van der Waals surface area contributed by atoms with Gasteiger partial charge in [-0.1, -0.05) is 12.1 Å². The molecule has 0 spiro atoms. The number of aryl methyl sites for hydroxylation is 2. The molecule has 1 aromatic carbocycles. The Labute approximate surface area is 137 Å². The summed E-state index contributed by atoms with van der Waals surface area (Å²) >= 11 is 1.40. The molecule has 5 nitrogen and oxygen atoms in total. The van der Waals surface area contributed by atoms with Crippen LogP contribution in [0, 0.1) is 13.8 Å². The van der Waals surface area contributed by atoms with E-state index in [1.807, 2.05) is 43.5 Å². The van der Waals surface area contributed by atoms with Crippen LogP contribution in [0.1, 0.15) is 27.0 Å². The number of nitrogens with zero attached hydrogens (tertiary/aromatic N) is 1. The number of ether oxygens (including phenoxy) is 1. The zero-order valence-corrected chi connectivity index (χ0v) is 13.6. The summed E-state index contributed by atoms with van der Waals surface area (Å²) in [6, 6.07) is 10.9. The molecule has 6 heteroatoms. The van der Waals surface area contributed by atoms with Gasteiger partial charge in [0.05, 0.1) is 10.6 Å². The van der Waals surface area contributed by atoms with Crippen molar-refractivity contribution in [3.05, 3.63) is 64.0 Å². The Bertz CT molecular complexity index is 790. The average molecular weight is 328 g/mol. The Hall–Kier alpha value is -2.60. The van der Waals surface area contributed by atoms with Gasteiger partial charge in [-0.15, -0.1) is 11.3 Å². The van der Waals surface area contributed by atoms with Crippen LogP contribution in [0.15, 0.2) is 46.2 Å². The Morgan fingerprint density at radius 3 is 2.87 bits per heavy atom. The first-order valence-electron chi connectivity index (χ1n) is 7.12. The maximum Gasteiger partial charge on any atom is 0.265 e. The van der Waals surface area contributed by atoms with Crippen LogP contribution < -0.4 is 10.1 Å². The van der Waals surface area contributed by atoms with Crippen LogP contribution in [0.4, 0.5) is 5.69 Å². The summed E-state index contributed by atoms with van der Waals surface area (Å²) in [6.45, 7) is 4.01. The zero-order valence-electron chi connectivity index (χ0n) is 12.8. The molecule has 0 saturated heterocycles. The number of aromatic nitrogens is 1. The lowest BCUT2D eigenvalue weighted by Gasteiger charge is -2.07. The highest BCUT2D eigenvalue weighted by atomic mass is 32.1. The van der Waals surface area contributed by atoms with Crippen LogP contribution in [0.25, 0.3) is 0 Å². The molecule has 0 aliphatic heterocycles. The molecule has 1 N–H and O–H groups in total. The van der Waals surface area contributed by atoms with E-state index in [0.717, 1.165) is 11.5 Å². The summed E-state index contributed by atoms with van der Waals surface area (Å²) in [7, 11) is 0. The van der Waals surface area contributed by atoms with Gasteiger partial charge >= 0.3 is 0 Å². The van der Waals surface area contributed by atoms with Crippen LogP contribution in [-0.2, 0) is 6.61 Å². The largest absolute Gasteiger partial charge is 0.484 e. The van der Waals surface area contributed by atoms with E-state index < -0.39 is 0 Å². The second-order valence-corrected chi connectivity index (χ2v) is 5.94. The highest BCUT2D eigenvalue weighted by Gasteiger charge is 2.09. The van der Waals surface area contributed by atoms with Crippen molar-refractivity contribution in [1.29, 1.82) is 0 Å². The zero-order chi connectivity index (χ0) is 16.2. The fourth-order valence-corrected chi connectivity index (χ4v) is 2.63. The fourth-order valence-electron chi connectivity index (χ4n) is 2.01. The molecule has 1 amide bonds. The summed E-state index contributed by atoms with van der Waals surface area (Å²) in [4.78, 5) is 17.0. The van der Waals surface area contributed by atoms with Crippen LogP contribution in [0.3, 0.4) is 0 Å².